The average Bonchev–Trinajstić information content (AvgIpc) is 2.93. The Morgan fingerprint density at radius 2 is 2.30 bits per heavy atom. The molecular formula is C12H14FN5O2. The number of carbonyl (C=O) groups is 1. The molecule has 0 spiro atoms. The fourth-order valence-electron chi connectivity index (χ4n) is 1.56. The minimum Gasteiger partial charge on any atom is -0.444 e. The molecule has 0 atom stereocenters. The van der Waals surface area contributed by atoms with E-state index in [9.17, 15) is 9.18 Å². The van der Waals surface area contributed by atoms with Crippen molar-refractivity contribution < 1.29 is 13.6 Å². The van der Waals surface area contributed by atoms with Crippen LogP contribution in [0, 0.1) is 5.82 Å². The molecule has 4 N–H and O–H groups in total. The molecule has 0 saturated carbocycles. The van der Waals surface area contributed by atoms with Gasteiger partial charge in [0.25, 0.3) is 5.91 Å². The SMILES string of the molecule is CCc1cnc(CNC(=O)c2ccnc(NN)c2F)o1. The van der Waals surface area contributed by atoms with Crippen LogP contribution in [0.5, 0.6) is 0 Å². The van der Waals surface area contributed by atoms with Crippen molar-refractivity contribution in [2.75, 3.05) is 5.43 Å². The van der Waals surface area contributed by atoms with Crippen molar-refractivity contribution in [3.05, 3.63) is 41.5 Å². The highest BCUT2D eigenvalue weighted by Crippen LogP contribution is 2.14. The maximum atomic E-state index is 13.8. The first-order valence-corrected chi connectivity index (χ1v) is 5.98. The zero-order valence-corrected chi connectivity index (χ0v) is 10.8. The number of nitrogens with one attached hydrogen (secondary N) is 2. The van der Waals surface area contributed by atoms with Gasteiger partial charge in [-0.1, -0.05) is 6.92 Å². The molecule has 106 valence electrons. The van der Waals surface area contributed by atoms with Gasteiger partial charge in [0.1, 0.15) is 5.76 Å². The molecule has 20 heavy (non-hydrogen) atoms. The minimum atomic E-state index is -0.811. The van der Waals surface area contributed by atoms with Crippen molar-refractivity contribution >= 4 is 11.7 Å². The van der Waals surface area contributed by atoms with Crippen molar-refractivity contribution in [1.29, 1.82) is 0 Å². The summed E-state index contributed by atoms with van der Waals surface area (Å²) in [5.74, 6) is 4.57. The fraction of sp³-hybridized carbons (Fsp3) is 0.250. The second-order valence-corrected chi connectivity index (χ2v) is 3.92. The van der Waals surface area contributed by atoms with Crippen molar-refractivity contribution in [3.63, 3.8) is 0 Å². The molecule has 2 aromatic heterocycles. The summed E-state index contributed by atoms with van der Waals surface area (Å²) in [7, 11) is 0. The first kappa shape index (κ1) is 13.9. The number of amides is 1. The third kappa shape index (κ3) is 2.91. The van der Waals surface area contributed by atoms with Gasteiger partial charge in [0, 0.05) is 12.6 Å². The number of carbonyl (C=O) groups excluding carboxylic acids is 1. The number of oxazole rings is 1. The van der Waals surface area contributed by atoms with Crippen LogP contribution in [0.4, 0.5) is 10.2 Å². The Kier molecular flexibility index (Phi) is 4.26. The number of nitrogens with two attached hydrogens (primary N) is 1. The molecule has 8 heteroatoms. The summed E-state index contributed by atoms with van der Waals surface area (Å²) < 4.78 is 19.1. The van der Waals surface area contributed by atoms with E-state index in [4.69, 9.17) is 10.3 Å². The normalized spacial score (nSPS) is 10.3. The molecular weight excluding hydrogens is 265 g/mol. The highest BCUT2D eigenvalue weighted by atomic mass is 19.1. The summed E-state index contributed by atoms with van der Waals surface area (Å²) >= 11 is 0. The number of nitrogens with zero attached hydrogens (tertiary/aromatic N) is 2. The molecule has 0 saturated heterocycles. The molecule has 0 aliphatic rings. The maximum absolute atomic E-state index is 13.8. The largest absolute Gasteiger partial charge is 0.444 e. The third-order valence-electron chi connectivity index (χ3n) is 2.62. The van der Waals surface area contributed by atoms with Crippen molar-refractivity contribution in [1.82, 2.24) is 15.3 Å². The molecule has 0 aliphatic carbocycles. The average molecular weight is 279 g/mol. The number of hydrazine groups is 1. The van der Waals surface area contributed by atoms with Gasteiger partial charge in [-0.2, -0.15) is 0 Å². The summed E-state index contributed by atoms with van der Waals surface area (Å²) in [6.07, 6.45) is 3.59. The van der Waals surface area contributed by atoms with Gasteiger partial charge in [-0.15, -0.1) is 0 Å². The molecule has 2 rings (SSSR count). The number of halogens is 1. The van der Waals surface area contributed by atoms with Crippen LogP contribution in [0.25, 0.3) is 0 Å². The molecule has 2 heterocycles. The summed E-state index contributed by atoms with van der Waals surface area (Å²) in [6, 6.07) is 1.26. The smallest absolute Gasteiger partial charge is 0.254 e. The Bertz CT molecular complexity index is 614. The second-order valence-electron chi connectivity index (χ2n) is 3.92. The molecule has 2 aromatic rings. The minimum absolute atomic E-state index is 0.0754. The van der Waals surface area contributed by atoms with Crippen LogP contribution in [0.15, 0.2) is 22.9 Å². The number of nitrogen functional groups attached to an aromatic ring is 1. The van der Waals surface area contributed by atoms with Crippen LogP contribution < -0.4 is 16.6 Å². The van der Waals surface area contributed by atoms with Gasteiger partial charge in [0.2, 0.25) is 5.89 Å². The van der Waals surface area contributed by atoms with Gasteiger partial charge < -0.3 is 15.2 Å². The fourth-order valence-corrected chi connectivity index (χ4v) is 1.56. The quantitative estimate of drug-likeness (QED) is 0.556. The Balaban J connectivity index is 2.05. The Hall–Kier alpha value is -2.48. The standard InChI is InChI=1S/C12H14FN5O2/c1-2-7-5-16-9(20-7)6-17-12(19)8-3-4-15-11(18-14)10(8)13/h3-5H,2,6,14H2,1H3,(H,15,18)(H,17,19). The molecule has 0 aliphatic heterocycles. The molecule has 7 nitrogen and oxygen atoms in total. The summed E-state index contributed by atoms with van der Waals surface area (Å²) in [5, 5.41) is 2.51. The van der Waals surface area contributed by atoms with Crippen LogP contribution in [0.3, 0.4) is 0 Å². The highest BCUT2D eigenvalue weighted by Gasteiger charge is 2.16. The third-order valence-corrected chi connectivity index (χ3v) is 2.62. The number of hydrogen-bond acceptors (Lipinski definition) is 6. The highest BCUT2D eigenvalue weighted by molar-refractivity contribution is 5.95. The lowest BCUT2D eigenvalue weighted by atomic mass is 10.2. The molecule has 1 amide bonds. The number of aromatic nitrogens is 2. The van der Waals surface area contributed by atoms with Crippen LogP contribution in [-0.4, -0.2) is 15.9 Å². The predicted molar refractivity (Wildman–Crippen MR) is 69.1 cm³/mol. The lowest BCUT2D eigenvalue weighted by Crippen LogP contribution is -2.25. The van der Waals surface area contributed by atoms with E-state index in [-0.39, 0.29) is 17.9 Å². The van der Waals surface area contributed by atoms with Gasteiger partial charge in [-0.3, -0.25) is 4.79 Å². The first-order chi connectivity index (χ1) is 9.65. The molecule has 0 fully saturated rings. The topological polar surface area (TPSA) is 106 Å². The molecule has 0 aromatic carbocycles. The van der Waals surface area contributed by atoms with Gasteiger partial charge in [-0.05, 0) is 6.07 Å². The maximum Gasteiger partial charge on any atom is 0.254 e. The van der Waals surface area contributed by atoms with Crippen LogP contribution >= 0.6 is 0 Å². The Morgan fingerprint density at radius 3 is 2.95 bits per heavy atom. The predicted octanol–water partition coefficient (Wildman–Crippen LogP) is 0.987. The molecule has 0 radical (unpaired) electrons. The number of anilines is 1. The van der Waals surface area contributed by atoms with E-state index in [0.29, 0.717) is 12.3 Å². The van der Waals surface area contributed by atoms with E-state index in [2.05, 4.69) is 20.7 Å². The van der Waals surface area contributed by atoms with Gasteiger partial charge >= 0.3 is 0 Å². The monoisotopic (exact) mass is 279 g/mol. The van der Waals surface area contributed by atoms with Gasteiger partial charge in [0.15, 0.2) is 11.6 Å². The Morgan fingerprint density at radius 1 is 1.50 bits per heavy atom. The van der Waals surface area contributed by atoms with Crippen molar-refractivity contribution in [2.45, 2.75) is 19.9 Å². The second kappa shape index (κ2) is 6.11. The molecule has 0 bridgehead atoms. The lowest BCUT2D eigenvalue weighted by Gasteiger charge is -2.06. The van der Waals surface area contributed by atoms with Crippen LogP contribution in [0.2, 0.25) is 0 Å². The van der Waals surface area contributed by atoms with E-state index in [1.54, 1.807) is 6.20 Å². The number of rotatable bonds is 5. The Labute approximate surface area is 114 Å². The van der Waals surface area contributed by atoms with E-state index in [1.807, 2.05) is 6.92 Å². The first-order valence-electron chi connectivity index (χ1n) is 5.98. The zero-order chi connectivity index (χ0) is 14.5. The van der Waals surface area contributed by atoms with Crippen LogP contribution in [-0.2, 0) is 13.0 Å². The van der Waals surface area contributed by atoms with Crippen molar-refractivity contribution in [2.24, 2.45) is 5.84 Å². The summed E-state index contributed by atoms with van der Waals surface area (Å²) in [4.78, 5) is 19.5. The zero-order valence-electron chi connectivity index (χ0n) is 10.8. The van der Waals surface area contributed by atoms with E-state index < -0.39 is 11.7 Å². The van der Waals surface area contributed by atoms with Crippen LogP contribution in [0.1, 0.15) is 28.9 Å². The summed E-state index contributed by atoms with van der Waals surface area (Å²) in [5.41, 5.74) is 1.92. The van der Waals surface area contributed by atoms with Crippen molar-refractivity contribution in [3.8, 4) is 0 Å². The van der Waals surface area contributed by atoms with E-state index in [1.165, 1.54) is 12.3 Å². The number of pyridine rings is 1. The van der Waals surface area contributed by atoms with E-state index >= 15 is 0 Å². The lowest BCUT2D eigenvalue weighted by molar-refractivity contribution is 0.0943. The van der Waals surface area contributed by atoms with Gasteiger partial charge in [0.05, 0.1) is 18.3 Å². The van der Waals surface area contributed by atoms with E-state index in [0.717, 1.165) is 5.76 Å². The summed E-state index contributed by atoms with van der Waals surface area (Å²) in [6.45, 7) is 2.00. The molecule has 0 unspecified atom stereocenters. The number of hydrogen-bond donors (Lipinski definition) is 3. The van der Waals surface area contributed by atoms with Gasteiger partial charge in [-0.25, -0.2) is 20.2 Å². The number of aryl methyl sites for hydroxylation is 1.